The third-order valence-electron chi connectivity index (χ3n) is 6.12. The van der Waals surface area contributed by atoms with Gasteiger partial charge in [-0.15, -0.1) is 0 Å². The van der Waals surface area contributed by atoms with E-state index in [1.54, 1.807) is 6.92 Å². The first-order valence-corrected chi connectivity index (χ1v) is 10.1. The van der Waals surface area contributed by atoms with Crippen LogP contribution in [0.15, 0.2) is 33.9 Å². The Morgan fingerprint density at radius 2 is 1.60 bits per heavy atom. The molecule has 2 heterocycles. The largest absolute Gasteiger partial charge is 0.384 e. The first-order valence-electron chi connectivity index (χ1n) is 10.1. The summed E-state index contributed by atoms with van der Waals surface area (Å²) in [5, 5.41) is 0. The maximum absolute atomic E-state index is 13.1. The van der Waals surface area contributed by atoms with Crippen LogP contribution in [0.25, 0.3) is 0 Å². The number of rotatable bonds is 5. The van der Waals surface area contributed by atoms with Crippen molar-refractivity contribution in [2.75, 3.05) is 18.8 Å². The number of piperidine rings is 1. The van der Waals surface area contributed by atoms with E-state index in [0.717, 1.165) is 14.7 Å². The van der Waals surface area contributed by atoms with Gasteiger partial charge in [0.15, 0.2) is 11.6 Å². The van der Waals surface area contributed by atoms with Crippen molar-refractivity contribution in [3.8, 4) is 0 Å². The van der Waals surface area contributed by atoms with E-state index in [1.807, 2.05) is 36.1 Å². The van der Waals surface area contributed by atoms with Crippen LogP contribution in [-0.4, -0.2) is 44.7 Å². The van der Waals surface area contributed by atoms with Gasteiger partial charge in [0.1, 0.15) is 11.4 Å². The molecule has 2 N–H and O–H groups in total. The Labute approximate surface area is 174 Å². The Bertz CT molecular complexity index is 1090. The summed E-state index contributed by atoms with van der Waals surface area (Å²) < 4.78 is 2.00. The maximum atomic E-state index is 13.1. The van der Waals surface area contributed by atoms with Crippen molar-refractivity contribution in [3.63, 3.8) is 0 Å². The minimum absolute atomic E-state index is 0.0817. The van der Waals surface area contributed by atoms with E-state index in [-0.39, 0.29) is 23.1 Å². The molecule has 0 saturated carbocycles. The van der Waals surface area contributed by atoms with Gasteiger partial charge in [0.25, 0.3) is 5.56 Å². The molecular formula is C22H28N4O4. The summed E-state index contributed by atoms with van der Waals surface area (Å²) in [6.07, 6.45) is 1.29. The molecule has 3 rings (SSSR count). The van der Waals surface area contributed by atoms with Gasteiger partial charge in [0.2, 0.25) is 0 Å². The summed E-state index contributed by atoms with van der Waals surface area (Å²) in [5.41, 5.74) is 6.33. The van der Waals surface area contributed by atoms with Crippen LogP contribution in [0.1, 0.15) is 46.0 Å². The fourth-order valence-electron chi connectivity index (χ4n) is 3.97. The molecule has 0 bridgehead atoms. The third kappa shape index (κ3) is 3.87. The smallest absolute Gasteiger partial charge is 0.332 e. The molecule has 1 atom stereocenters. The van der Waals surface area contributed by atoms with E-state index in [0.29, 0.717) is 31.5 Å². The Hall–Kier alpha value is -3.00. The third-order valence-corrected chi connectivity index (χ3v) is 6.12. The van der Waals surface area contributed by atoms with Gasteiger partial charge in [-0.05, 0) is 39.8 Å². The van der Waals surface area contributed by atoms with Crippen LogP contribution in [0.3, 0.4) is 0 Å². The Morgan fingerprint density at radius 3 is 2.17 bits per heavy atom. The first kappa shape index (κ1) is 21.7. The highest BCUT2D eigenvalue weighted by molar-refractivity contribution is 6.03. The van der Waals surface area contributed by atoms with Crippen molar-refractivity contribution < 1.29 is 9.59 Å². The zero-order chi connectivity index (χ0) is 22.2. The Kier molecular flexibility index (Phi) is 6.07. The second-order valence-electron chi connectivity index (χ2n) is 8.05. The fraction of sp³-hybridized carbons (Fsp3) is 0.455. The number of nitrogens with two attached hydrogens (primary N) is 1. The van der Waals surface area contributed by atoms with Gasteiger partial charge in [-0.3, -0.25) is 28.4 Å². The molecule has 1 saturated heterocycles. The van der Waals surface area contributed by atoms with Gasteiger partial charge in [-0.25, -0.2) is 4.79 Å². The van der Waals surface area contributed by atoms with Crippen molar-refractivity contribution in [1.82, 2.24) is 14.0 Å². The van der Waals surface area contributed by atoms with Crippen LogP contribution >= 0.6 is 0 Å². The summed E-state index contributed by atoms with van der Waals surface area (Å²) in [5.74, 6) is -0.483. The van der Waals surface area contributed by atoms with Crippen LogP contribution in [0.5, 0.6) is 0 Å². The number of benzene rings is 1. The monoisotopic (exact) mass is 412 g/mol. The minimum Gasteiger partial charge on any atom is -0.384 e. The lowest BCUT2D eigenvalue weighted by atomic mass is 9.87. The van der Waals surface area contributed by atoms with Crippen molar-refractivity contribution in [1.29, 1.82) is 0 Å². The average molecular weight is 412 g/mol. The average Bonchev–Trinajstić information content (AvgIpc) is 2.76. The number of ketones is 2. The summed E-state index contributed by atoms with van der Waals surface area (Å²) >= 11 is 0. The normalized spacial score (nSPS) is 16.4. The highest BCUT2D eigenvalue weighted by Crippen LogP contribution is 2.24. The van der Waals surface area contributed by atoms with Gasteiger partial charge in [-0.1, -0.05) is 29.8 Å². The van der Waals surface area contributed by atoms with Gasteiger partial charge in [-0.2, -0.15) is 0 Å². The lowest BCUT2D eigenvalue weighted by Gasteiger charge is -2.35. The number of carbonyl (C=O) groups is 2. The van der Waals surface area contributed by atoms with Crippen LogP contribution in [0.4, 0.5) is 5.82 Å². The van der Waals surface area contributed by atoms with Crippen molar-refractivity contribution >= 4 is 17.4 Å². The van der Waals surface area contributed by atoms with Gasteiger partial charge in [0, 0.05) is 25.6 Å². The van der Waals surface area contributed by atoms with Gasteiger partial charge < -0.3 is 5.73 Å². The molecule has 1 fully saturated rings. The van der Waals surface area contributed by atoms with Crippen molar-refractivity contribution in [2.24, 2.45) is 20.0 Å². The standard InChI is InChI=1S/C22H28N4O4/c1-13-5-7-15(8-6-13)19(28)16-9-11-26(12-10-16)14(2)18(27)17-20(23)24(3)22(30)25(4)21(17)29/h5-8,14,16H,9-12,23H2,1-4H3. The second kappa shape index (κ2) is 8.39. The van der Waals surface area contributed by atoms with Crippen LogP contribution in [0.2, 0.25) is 0 Å². The highest BCUT2D eigenvalue weighted by Gasteiger charge is 2.33. The molecule has 30 heavy (non-hydrogen) atoms. The lowest BCUT2D eigenvalue weighted by Crippen LogP contribution is -2.48. The molecule has 0 radical (unpaired) electrons. The summed E-state index contributed by atoms with van der Waals surface area (Å²) in [6.45, 7) is 4.85. The predicted octanol–water partition coefficient (Wildman–Crippen LogP) is 1.14. The van der Waals surface area contributed by atoms with Crippen molar-refractivity contribution in [2.45, 2.75) is 32.7 Å². The summed E-state index contributed by atoms with van der Waals surface area (Å²) in [7, 11) is 2.76. The highest BCUT2D eigenvalue weighted by atomic mass is 16.2. The number of hydrogen-bond donors (Lipinski definition) is 1. The predicted molar refractivity (Wildman–Crippen MR) is 115 cm³/mol. The van der Waals surface area contributed by atoms with Crippen LogP contribution < -0.4 is 17.0 Å². The van der Waals surface area contributed by atoms with Crippen molar-refractivity contribution in [3.05, 3.63) is 61.8 Å². The summed E-state index contributed by atoms with van der Waals surface area (Å²) in [4.78, 5) is 52.3. The molecule has 0 amide bonds. The molecule has 1 unspecified atom stereocenters. The molecule has 0 aliphatic carbocycles. The molecular weight excluding hydrogens is 384 g/mol. The lowest BCUT2D eigenvalue weighted by molar-refractivity contribution is 0.0712. The molecule has 1 aromatic carbocycles. The van der Waals surface area contributed by atoms with Crippen LogP contribution in [-0.2, 0) is 14.1 Å². The Balaban J connectivity index is 1.73. The molecule has 8 nitrogen and oxygen atoms in total. The molecule has 1 aliphatic rings. The topological polar surface area (TPSA) is 107 Å². The number of aryl methyl sites for hydroxylation is 1. The van der Waals surface area contributed by atoms with E-state index in [2.05, 4.69) is 0 Å². The van der Waals surface area contributed by atoms with E-state index in [9.17, 15) is 19.2 Å². The number of Topliss-reactive ketones (excluding diaryl/α,β-unsaturated/α-hetero) is 2. The number of hydrogen-bond acceptors (Lipinski definition) is 6. The second-order valence-corrected chi connectivity index (χ2v) is 8.05. The molecule has 1 aromatic heterocycles. The summed E-state index contributed by atoms with van der Waals surface area (Å²) in [6, 6.07) is 7.00. The van der Waals surface area contributed by atoms with Gasteiger partial charge >= 0.3 is 5.69 Å². The molecule has 8 heteroatoms. The van der Waals surface area contributed by atoms with E-state index in [1.165, 1.54) is 14.1 Å². The van der Waals surface area contributed by atoms with Crippen LogP contribution in [0, 0.1) is 12.8 Å². The van der Waals surface area contributed by atoms with Gasteiger partial charge in [0.05, 0.1) is 6.04 Å². The molecule has 0 spiro atoms. The number of nitrogen functional groups attached to an aromatic ring is 1. The SMILES string of the molecule is Cc1ccc(C(=O)C2CCN(C(C)C(=O)c3c(N)n(C)c(=O)n(C)c3=O)CC2)cc1. The zero-order valence-corrected chi connectivity index (χ0v) is 17.8. The Morgan fingerprint density at radius 1 is 1.03 bits per heavy atom. The van der Waals surface area contributed by atoms with E-state index in [4.69, 9.17) is 5.73 Å². The number of carbonyl (C=O) groups excluding carboxylic acids is 2. The maximum Gasteiger partial charge on any atom is 0.332 e. The van der Waals surface area contributed by atoms with E-state index < -0.39 is 23.1 Å². The number of aromatic nitrogens is 2. The fourth-order valence-corrected chi connectivity index (χ4v) is 3.97. The van der Waals surface area contributed by atoms with E-state index >= 15 is 0 Å². The zero-order valence-electron chi connectivity index (χ0n) is 17.8. The number of anilines is 1. The number of nitrogens with zero attached hydrogens (tertiary/aromatic N) is 3. The molecule has 160 valence electrons. The molecule has 1 aliphatic heterocycles. The quantitative estimate of drug-likeness (QED) is 0.738. The minimum atomic E-state index is -0.683. The number of likely N-dealkylation sites (tertiary alicyclic amines) is 1. The molecule has 2 aromatic rings. The first-order chi connectivity index (χ1) is 14.1.